The van der Waals surface area contributed by atoms with Crippen LogP contribution < -0.4 is 5.76 Å². The van der Waals surface area contributed by atoms with Gasteiger partial charge in [-0.1, -0.05) is 17.7 Å². The summed E-state index contributed by atoms with van der Waals surface area (Å²) in [5, 5.41) is 0.654. The number of carbonyl (C=O) groups excluding carboxylic acids is 1. The lowest BCUT2D eigenvalue weighted by Gasteiger charge is -2.16. The third-order valence-electron chi connectivity index (χ3n) is 6.01. The molecule has 2 aliphatic rings. The molecule has 30 heavy (non-hydrogen) atoms. The lowest BCUT2D eigenvalue weighted by atomic mass is 10.0. The van der Waals surface area contributed by atoms with E-state index in [1.165, 1.54) is 28.5 Å². The Bertz CT molecular complexity index is 1250. The van der Waals surface area contributed by atoms with E-state index in [1.807, 2.05) is 0 Å². The maximum Gasteiger partial charge on any atom is 0.420 e. The van der Waals surface area contributed by atoms with Gasteiger partial charge in [0.05, 0.1) is 23.3 Å². The molecule has 0 spiro atoms. The normalized spacial score (nSPS) is 15.9. The van der Waals surface area contributed by atoms with Crippen molar-refractivity contribution in [1.82, 2.24) is 19.4 Å². The first-order valence-electron chi connectivity index (χ1n) is 10.2. The largest absolute Gasteiger partial charge is 0.420 e. The SMILES string of the molecule is Cc1c(C2CC2)ccc2[nH]c(CN(C)C(=O)Cn3c4c(oc3=O)CCC(Cl)=C4)nc12. The quantitative estimate of drug-likeness (QED) is 0.674. The molecule has 3 aromatic rings. The topological polar surface area (TPSA) is 84.1 Å². The van der Waals surface area contributed by atoms with Crippen molar-refractivity contribution in [2.75, 3.05) is 7.05 Å². The molecule has 0 saturated heterocycles. The fourth-order valence-corrected chi connectivity index (χ4v) is 4.36. The molecular formula is C22H23ClN4O3. The van der Waals surface area contributed by atoms with E-state index in [2.05, 4.69) is 24.0 Å². The number of hydrogen-bond donors (Lipinski definition) is 1. The fourth-order valence-electron chi connectivity index (χ4n) is 4.16. The molecule has 1 aromatic carbocycles. The first-order chi connectivity index (χ1) is 14.4. The van der Waals surface area contributed by atoms with Crippen LogP contribution in [0.2, 0.25) is 0 Å². The van der Waals surface area contributed by atoms with Crippen LogP contribution in [-0.4, -0.2) is 32.4 Å². The minimum absolute atomic E-state index is 0.0973. The summed E-state index contributed by atoms with van der Waals surface area (Å²) in [7, 11) is 1.71. The number of oxazole rings is 1. The van der Waals surface area contributed by atoms with E-state index in [9.17, 15) is 9.59 Å². The maximum atomic E-state index is 12.8. The molecule has 2 aromatic heterocycles. The van der Waals surface area contributed by atoms with Crippen molar-refractivity contribution in [3.63, 3.8) is 0 Å². The van der Waals surface area contributed by atoms with Crippen LogP contribution in [-0.2, 0) is 24.3 Å². The Morgan fingerprint density at radius 1 is 1.37 bits per heavy atom. The lowest BCUT2D eigenvalue weighted by Crippen LogP contribution is -2.33. The van der Waals surface area contributed by atoms with E-state index >= 15 is 0 Å². The highest BCUT2D eigenvalue weighted by Gasteiger charge is 2.26. The molecule has 0 unspecified atom stereocenters. The number of H-pyrrole nitrogens is 1. The minimum Gasteiger partial charge on any atom is -0.412 e. The number of halogens is 1. The van der Waals surface area contributed by atoms with Gasteiger partial charge in [0.25, 0.3) is 0 Å². The third kappa shape index (κ3) is 3.37. The van der Waals surface area contributed by atoms with Crippen LogP contribution in [0, 0.1) is 6.92 Å². The van der Waals surface area contributed by atoms with Gasteiger partial charge in [0.15, 0.2) is 0 Å². The van der Waals surface area contributed by atoms with Gasteiger partial charge in [0.2, 0.25) is 5.91 Å². The molecular weight excluding hydrogens is 404 g/mol. The van der Waals surface area contributed by atoms with Crippen molar-refractivity contribution in [1.29, 1.82) is 0 Å². The Hall–Kier alpha value is -2.80. The molecule has 1 fully saturated rings. The number of allylic oxidation sites excluding steroid dienone is 1. The van der Waals surface area contributed by atoms with Crippen molar-refractivity contribution in [2.45, 2.75) is 51.6 Å². The number of benzene rings is 1. The molecule has 1 amide bonds. The monoisotopic (exact) mass is 426 g/mol. The van der Waals surface area contributed by atoms with E-state index < -0.39 is 5.76 Å². The number of likely N-dealkylation sites (N-methyl/N-ethyl adjacent to an activating group) is 1. The highest BCUT2D eigenvalue weighted by molar-refractivity contribution is 6.31. The van der Waals surface area contributed by atoms with Crippen LogP contribution in [0.25, 0.3) is 17.1 Å². The molecule has 2 aliphatic carbocycles. The molecule has 7 nitrogen and oxygen atoms in total. The van der Waals surface area contributed by atoms with E-state index in [0.717, 1.165) is 16.9 Å². The van der Waals surface area contributed by atoms with E-state index in [0.29, 0.717) is 41.8 Å². The summed E-state index contributed by atoms with van der Waals surface area (Å²) in [4.78, 5) is 34.6. The van der Waals surface area contributed by atoms with Crippen molar-refractivity contribution >= 4 is 34.6 Å². The maximum absolute atomic E-state index is 12.8. The number of carbonyl (C=O) groups is 1. The van der Waals surface area contributed by atoms with Crippen molar-refractivity contribution in [3.8, 4) is 0 Å². The second kappa shape index (κ2) is 7.16. The van der Waals surface area contributed by atoms with Crippen molar-refractivity contribution in [2.24, 2.45) is 0 Å². The number of amides is 1. The Balaban J connectivity index is 1.34. The van der Waals surface area contributed by atoms with Gasteiger partial charge < -0.3 is 14.3 Å². The number of fused-ring (bicyclic) bond motifs is 2. The summed E-state index contributed by atoms with van der Waals surface area (Å²) >= 11 is 6.11. The van der Waals surface area contributed by atoms with Crippen LogP contribution in [0.3, 0.4) is 0 Å². The Morgan fingerprint density at radius 2 is 2.17 bits per heavy atom. The zero-order chi connectivity index (χ0) is 21.0. The number of nitrogens with one attached hydrogen (secondary N) is 1. The van der Waals surface area contributed by atoms with Crippen LogP contribution >= 0.6 is 11.6 Å². The molecule has 1 N–H and O–H groups in total. The lowest BCUT2D eigenvalue weighted by molar-refractivity contribution is -0.131. The van der Waals surface area contributed by atoms with Crippen LogP contribution in [0.4, 0.5) is 0 Å². The van der Waals surface area contributed by atoms with E-state index in [-0.39, 0.29) is 12.5 Å². The number of aromatic amines is 1. The van der Waals surface area contributed by atoms with Crippen LogP contribution in [0.15, 0.2) is 26.4 Å². The number of hydrogen-bond acceptors (Lipinski definition) is 4. The Kier molecular flexibility index (Phi) is 4.58. The molecule has 2 heterocycles. The van der Waals surface area contributed by atoms with Gasteiger partial charge in [-0.15, -0.1) is 0 Å². The van der Waals surface area contributed by atoms with Gasteiger partial charge in [0, 0.05) is 18.5 Å². The smallest absolute Gasteiger partial charge is 0.412 e. The zero-order valence-corrected chi connectivity index (χ0v) is 17.8. The minimum atomic E-state index is -0.531. The van der Waals surface area contributed by atoms with Gasteiger partial charge in [-0.2, -0.15) is 0 Å². The average Bonchev–Trinajstić information content (AvgIpc) is 3.39. The number of aromatic nitrogens is 3. The number of rotatable bonds is 5. The average molecular weight is 427 g/mol. The fraction of sp³-hybridized carbons (Fsp3) is 0.409. The molecule has 1 saturated carbocycles. The van der Waals surface area contributed by atoms with Crippen molar-refractivity contribution in [3.05, 3.63) is 56.1 Å². The molecule has 0 aliphatic heterocycles. The van der Waals surface area contributed by atoms with Crippen LogP contribution in [0.1, 0.15) is 53.6 Å². The first kappa shape index (κ1) is 19.2. The molecule has 5 rings (SSSR count). The molecule has 0 radical (unpaired) electrons. The predicted molar refractivity (Wildman–Crippen MR) is 114 cm³/mol. The second-order valence-corrected chi connectivity index (χ2v) is 8.72. The van der Waals surface area contributed by atoms with Crippen LogP contribution in [0.5, 0.6) is 0 Å². The highest BCUT2D eigenvalue weighted by Crippen LogP contribution is 2.42. The second-order valence-electron chi connectivity index (χ2n) is 8.24. The number of imidazole rings is 1. The van der Waals surface area contributed by atoms with Gasteiger partial charge in [-0.3, -0.25) is 9.36 Å². The molecule has 8 heteroatoms. The third-order valence-corrected chi connectivity index (χ3v) is 6.31. The van der Waals surface area contributed by atoms with Gasteiger partial charge >= 0.3 is 5.76 Å². The summed E-state index contributed by atoms with van der Waals surface area (Å²) in [6.07, 6.45) is 5.41. The summed E-state index contributed by atoms with van der Waals surface area (Å²) in [6, 6.07) is 4.25. The zero-order valence-electron chi connectivity index (χ0n) is 17.0. The predicted octanol–water partition coefficient (Wildman–Crippen LogP) is 3.69. The highest BCUT2D eigenvalue weighted by atomic mass is 35.5. The van der Waals surface area contributed by atoms with E-state index in [4.69, 9.17) is 21.0 Å². The molecule has 0 atom stereocenters. The number of nitrogens with zero attached hydrogens (tertiary/aromatic N) is 3. The van der Waals surface area contributed by atoms with Gasteiger partial charge in [-0.05, 0) is 55.4 Å². The van der Waals surface area contributed by atoms with Gasteiger partial charge in [-0.25, -0.2) is 9.78 Å². The first-order valence-corrected chi connectivity index (χ1v) is 10.6. The van der Waals surface area contributed by atoms with Crippen molar-refractivity contribution < 1.29 is 9.21 Å². The summed E-state index contributed by atoms with van der Waals surface area (Å²) in [6.45, 7) is 2.35. The number of aryl methyl sites for hydroxylation is 2. The van der Waals surface area contributed by atoms with Gasteiger partial charge in [0.1, 0.15) is 18.1 Å². The Morgan fingerprint density at radius 3 is 2.93 bits per heavy atom. The summed E-state index contributed by atoms with van der Waals surface area (Å²) in [5.74, 6) is 1.24. The summed E-state index contributed by atoms with van der Waals surface area (Å²) in [5.41, 5.74) is 5.13. The Labute approximate surface area is 178 Å². The standard InChI is InChI=1S/C22H23ClN4O3/c1-12-15(13-3-4-13)6-7-16-21(12)25-19(24-16)10-26(2)20(28)11-27-17-9-14(23)5-8-18(17)30-22(27)29/h6-7,9,13H,3-5,8,10-11H2,1-2H3,(H,24,25). The molecule has 156 valence electrons. The summed E-state index contributed by atoms with van der Waals surface area (Å²) < 4.78 is 6.64. The van der Waals surface area contributed by atoms with E-state index in [1.54, 1.807) is 18.0 Å². The molecule has 0 bridgehead atoms.